The molecule has 3 aromatic rings. The summed E-state index contributed by atoms with van der Waals surface area (Å²) in [5, 5.41) is 4.14. The summed E-state index contributed by atoms with van der Waals surface area (Å²) < 4.78 is 31.6. The molecule has 0 saturated carbocycles. The van der Waals surface area contributed by atoms with Gasteiger partial charge in [-0.3, -0.25) is 4.79 Å². The molecule has 0 aromatic heterocycles. The maximum Gasteiger partial charge on any atom is 0.323 e. The second kappa shape index (κ2) is 10.7. The van der Waals surface area contributed by atoms with Gasteiger partial charge < -0.3 is 19.5 Å². The normalized spacial score (nSPS) is 18.9. The molecule has 1 unspecified atom stereocenters. The van der Waals surface area contributed by atoms with E-state index in [1.807, 2.05) is 12.1 Å². The molecule has 0 amide bonds. The standard InChI is InChI=1S/C28H26Cl2FNO4/c1-34-28(33)25-12-19-13-27-20(10-21(19)14-32-25)9-18(6-7-35-27)17-3-5-26(24(31)11-17)36-15-16-2-4-22(29)23(30)8-16/h2-5,8,10-11,13,18,25,32H,6-7,9,12,14-15H2,1H3/t18?,25-/m0/s1. The third-order valence-electron chi connectivity index (χ3n) is 6.83. The molecule has 36 heavy (non-hydrogen) atoms. The van der Waals surface area contributed by atoms with E-state index in [2.05, 4.69) is 11.4 Å². The zero-order valence-corrected chi connectivity index (χ0v) is 21.3. The third-order valence-corrected chi connectivity index (χ3v) is 7.57. The number of hydrogen-bond acceptors (Lipinski definition) is 5. The van der Waals surface area contributed by atoms with Gasteiger partial charge in [0.25, 0.3) is 0 Å². The monoisotopic (exact) mass is 529 g/mol. The fourth-order valence-electron chi connectivity index (χ4n) is 4.84. The largest absolute Gasteiger partial charge is 0.493 e. The number of carbonyl (C=O) groups is 1. The van der Waals surface area contributed by atoms with Gasteiger partial charge in [0.15, 0.2) is 11.6 Å². The molecule has 0 fully saturated rings. The Morgan fingerprint density at radius 3 is 2.69 bits per heavy atom. The Labute approximate surface area is 219 Å². The molecule has 5 rings (SSSR count). The lowest BCUT2D eigenvalue weighted by Crippen LogP contribution is -2.42. The van der Waals surface area contributed by atoms with Crippen LogP contribution in [0.15, 0.2) is 48.5 Å². The van der Waals surface area contributed by atoms with Gasteiger partial charge >= 0.3 is 5.97 Å². The first-order valence-corrected chi connectivity index (χ1v) is 12.6. The smallest absolute Gasteiger partial charge is 0.323 e. The van der Waals surface area contributed by atoms with Crippen LogP contribution in [0.25, 0.3) is 0 Å². The summed E-state index contributed by atoms with van der Waals surface area (Å²) in [6.07, 6.45) is 2.08. The first-order chi connectivity index (χ1) is 17.4. The van der Waals surface area contributed by atoms with Crippen LogP contribution in [0.3, 0.4) is 0 Å². The Morgan fingerprint density at radius 2 is 1.92 bits per heavy atom. The summed E-state index contributed by atoms with van der Waals surface area (Å²) in [5.74, 6) is 0.478. The Morgan fingerprint density at radius 1 is 1.06 bits per heavy atom. The molecule has 2 heterocycles. The minimum atomic E-state index is -0.401. The van der Waals surface area contributed by atoms with Crippen LogP contribution in [0.1, 0.15) is 40.2 Å². The highest BCUT2D eigenvalue weighted by atomic mass is 35.5. The molecule has 8 heteroatoms. The van der Waals surface area contributed by atoms with Crippen molar-refractivity contribution >= 4 is 29.2 Å². The minimum Gasteiger partial charge on any atom is -0.493 e. The number of ether oxygens (including phenoxy) is 3. The SMILES string of the molecule is COC(=O)[C@@H]1Cc2cc3c(cc2CN1)CC(c1ccc(OCc2ccc(Cl)c(Cl)c2)c(F)c1)CCO3. The average Bonchev–Trinajstić information content (AvgIpc) is 3.09. The van der Waals surface area contributed by atoms with Crippen molar-refractivity contribution in [2.75, 3.05) is 13.7 Å². The molecule has 0 spiro atoms. The Bertz CT molecular complexity index is 1300. The van der Waals surface area contributed by atoms with Crippen molar-refractivity contribution in [1.29, 1.82) is 0 Å². The van der Waals surface area contributed by atoms with Crippen molar-refractivity contribution in [3.63, 3.8) is 0 Å². The van der Waals surface area contributed by atoms with E-state index < -0.39 is 5.82 Å². The van der Waals surface area contributed by atoms with Crippen molar-refractivity contribution in [1.82, 2.24) is 5.32 Å². The molecule has 0 aliphatic carbocycles. The lowest BCUT2D eigenvalue weighted by atomic mass is 9.87. The van der Waals surface area contributed by atoms with Gasteiger partial charge in [0, 0.05) is 6.54 Å². The second-order valence-electron chi connectivity index (χ2n) is 9.15. The van der Waals surface area contributed by atoms with Crippen molar-refractivity contribution in [3.05, 3.63) is 92.2 Å². The van der Waals surface area contributed by atoms with E-state index in [9.17, 15) is 9.18 Å². The van der Waals surface area contributed by atoms with Gasteiger partial charge in [-0.25, -0.2) is 4.39 Å². The maximum atomic E-state index is 15.0. The van der Waals surface area contributed by atoms with Crippen LogP contribution >= 0.6 is 23.2 Å². The molecule has 0 saturated heterocycles. The zero-order valence-electron chi connectivity index (χ0n) is 19.8. The second-order valence-corrected chi connectivity index (χ2v) is 9.97. The Hall–Kier alpha value is -2.80. The summed E-state index contributed by atoms with van der Waals surface area (Å²) in [5.41, 5.74) is 5.05. The molecule has 2 aliphatic heterocycles. The summed E-state index contributed by atoms with van der Waals surface area (Å²) in [6, 6.07) is 14.2. The predicted octanol–water partition coefficient (Wildman–Crippen LogP) is 6.01. The molecular formula is C28H26Cl2FNO4. The number of benzene rings is 3. The third kappa shape index (κ3) is 5.31. The van der Waals surface area contributed by atoms with E-state index in [-0.39, 0.29) is 30.3 Å². The molecule has 0 radical (unpaired) electrons. The first-order valence-electron chi connectivity index (χ1n) is 11.9. The minimum absolute atomic E-state index is 0.113. The molecule has 3 aromatic carbocycles. The summed E-state index contributed by atoms with van der Waals surface area (Å²) in [4.78, 5) is 11.9. The number of carbonyl (C=O) groups excluding carboxylic acids is 1. The van der Waals surface area contributed by atoms with E-state index in [0.717, 1.165) is 46.4 Å². The fraction of sp³-hybridized carbons (Fsp3) is 0.321. The van der Waals surface area contributed by atoms with Crippen molar-refractivity contribution in [2.45, 2.75) is 44.4 Å². The van der Waals surface area contributed by atoms with Crippen LogP contribution in [0.5, 0.6) is 11.5 Å². The topological polar surface area (TPSA) is 56.8 Å². The predicted molar refractivity (Wildman–Crippen MR) is 137 cm³/mol. The fourth-order valence-corrected chi connectivity index (χ4v) is 5.16. The van der Waals surface area contributed by atoms with Crippen molar-refractivity contribution in [3.8, 4) is 11.5 Å². The van der Waals surface area contributed by atoms with Crippen LogP contribution in [0.2, 0.25) is 10.0 Å². The van der Waals surface area contributed by atoms with Gasteiger partial charge in [0.05, 0.1) is 23.8 Å². The lowest BCUT2D eigenvalue weighted by Gasteiger charge is -2.25. The van der Waals surface area contributed by atoms with E-state index in [0.29, 0.717) is 29.6 Å². The highest BCUT2D eigenvalue weighted by Gasteiger charge is 2.28. The number of fused-ring (bicyclic) bond motifs is 2. The highest BCUT2D eigenvalue weighted by Crippen LogP contribution is 2.36. The highest BCUT2D eigenvalue weighted by molar-refractivity contribution is 6.42. The Balaban J connectivity index is 1.30. The number of rotatable bonds is 5. The van der Waals surface area contributed by atoms with Crippen LogP contribution in [-0.2, 0) is 35.5 Å². The van der Waals surface area contributed by atoms with Crippen molar-refractivity contribution < 1.29 is 23.4 Å². The molecule has 2 atom stereocenters. The van der Waals surface area contributed by atoms with E-state index in [4.69, 9.17) is 37.4 Å². The Kier molecular flexibility index (Phi) is 7.37. The van der Waals surface area contributed by atoms with E-state index in [1.165, 1.54) is 7.11 Å². The summed E-state index contributed by atoms with van der Waals surface area (Å²) >= 11 is 12.0. The van der Waals surface area contributed by atoms with Crippen LogP contribution < -0.4 is 14.8 Å². The molecule has 0 bridgehead atoms. The molecule has 188 valence electrons. The molecule has 1 N–H and O–H groups in total. The summed E-state index contributed by atoms with van der Waals surface area (Å²) in [6.45, 7) is 1.31. The first kappa shape index (κ1) is 24.9. The van der Waals surface area contributed by atoms with Gasteiger partial charge in [0.1, 0.15) is 18.4 Å². The van der Waals surface area contributed by atoms with Gasteiger partial charge in [-0.1, -0.05) is 41.4 Å². The average molecular weight is 530 g/mol. The van der Waals surface area contributed by atoms with Crippen LogP contribution in [-0.4, -0.2) is 25.7 Å². The lowest BCUT2D eigenvalue weighted by molar-refractivity contribution is -0.143. The van der Waals surface area contributed by atoms with Gasteiger partial charge in [-0.2, -0.15) is 0 Å². The summed E-state index contributed by atoms with van der Waals surface area (Å²) in [7, 11) is 1.40. The van der Waals surface area contributed by atoms with E-state index in [1.54, 1.807) is 30.3 Å². The number of nitrogens with one attached hydrogen (secondary N) is 1. The molecule has 5 nitrogen and oxygen atoms in total. The number of halogens is 3. The quantitative estimate of drug-likeness (QED) is 0.410. The molecular weight excluding hydrogens is 504 g/mol. The number of methoxy groups -OCH3 is 1. The van der Waals surface area contributed by atoms with Gasteiger partial charge in [-0.05, 0) is 83.3 Å². The molecule has 2 aliphatic rings. The van der Waals surface area contributed by atoms with Crippen LogP contribution in [0.4, 0.5) is 4.39 Å². The maximum absolute atomic E-state index is 15.0. The van der Waals surface area contributed by atoms with E-state index >= 15 is 0 Å². The van der Waals surface area contributed by atoms with Crippen molar-refractivity contribution in [2.24, 2.45) is 0 Å². The number of esters is 1. The zero-order chi connectivity index (χ0) is 25.2. The van der Waals surface area contributed by atoms with Gasteiger partial charge in [0.2, 0.25) is 0 Å². The van der Waals surface area contributed by atoms with Gasteiger partial charge in [-0.15, -0.1) is 0 Å². The number of hydrogen-bond donors (Lipinski definition) is 1. The van der Waals surface area contributed by atoms with Crippen LogP contribution in [0, 0.1) is 5.82 Å².